The van der Waals surface area contributed by atoms with Crippen LogP contribution in [0.2, 0.25) is 0 Å². The van der Waals surface area contributed by atoms with Crippen LogP contribution in [0.1, 0.15) is 71.4 Å². The molecule has 1 aliphatic heterocycles. The topological polar surface area (TPSA) is 86.8 Å². The normalized spacial score (nSPS) is 18.5. The number of rotatable bonds is 5. The molecule has 7 nitrogen and oxygen atoms in total. The van der Waals surface area contributed by atoms with Crippen LogP contribution in [0.25, 0.3) is 6.08 Å². The van der Waals surface area contributed by atoms with Gasteiger partial charge in [-0.25, -0.2) is 4.79 Å². The monoisotopic (exact) mass is 402 g/mol. The average molecular weight is 402 g/mol. The molecule has 0 aliphatic carbocycles. The van der Waals surface area contributed by atoms with Gasteiger partial charge in [0.2, 0.25) is 0 Å². The smallest absolute Gasteiger partial charge is 0.444 e. The number of nitrogens with one attached hydrogen (secondary N) is 1. The van der Waals surface area contributed by atoms with Crippen molar-refractivity contribution < 1.29 is 23.6 Å². The van der Waals surface area contributed by atoms with Gasteiger partial charge in [-0.05, 0) is 79.1 Å². The Balaban J connectivity index is 2.26. The molecule has 1 saturated heterocycles. The van der Waals surface area contributed by atoms with E-state index in [4.69, 9.17) is 14.0 Å². The van der Waals surface area contributed by atoms with Crippen molar-refractivity contribution in [3.05, 3.63) is 35.1 Å². The van der Waals surface area contributed by atoms with Gasteiger partial charge in [0, 0.05) is 18.3 Å². The fraction of sp³-hybridized carbons (Fsp3) is 0.571. The number of carbonyl (C=O) groups excluding carboxylic acids is 2. The molecule has 0 saturated carbocycles. The van der Waals surface area contributed by atoms with Crippen LogP contribution in [0.5, 0.6) is 0 Å². The number of pyridine rings is 1. The molecule has 0 unspecified atom stereocenters. The minimum atomic E-state index is -0.649. The van der Waals surface area contributed by atoms with Crippen LogP contribution in [0.15, 0.2) is 23.8 Å². The van der Waals surface area contributed by atoms with Gasteiger partial charge in [0.05, 0.1) is 16.9 Å². The van der Waals surface area contributed by atoms with Gasteiger partial charge in [0.15, 0.2) is 5.78 Å². The largest absolute Gasteiger partial charge is 0.492 e. The molecule has 2 rings (SSSR count). The van der Waals surface area contributed by atoms with Gasteiger partial charge in [-0.3, -0.25) is 9.78 Å². The lowest BCUT2D eigenvalue weighted by Crippen LogP contribution is -2.41. The summed E-state index contributed by atoms with van der Waals surface area (Å²) in [5.41, 5.74) is 0.223. The van der Waals surface area contributed by atoms with Crippen LogP contribution < -0.4 is 5.32 Å². The summed E-state index contributed by atoms with van der Waals surface area (Å²) in [5.74, 6) is -0.0502. The van der Waals surface area contributed by atoms with Crippen LogP contribution >= 0.6 is 0 Å². The van der Waals surface area contributed by atoms with Gasteiger partial charge in [0.1, 0.15) is 5.60 Å². The third kappa shape index (κ3) is 6.14. The molecule has 0 bridgehead atoms. The first kappa shape index (κ1) is 23.1. The summed E-state index contributed by atoms with van der Waals surface area (Å²) in [4.78, 5) is 27.9. The van der Waals surface area contributed by atoms with Crippen molar-refractivity contribution in [1.82, 2.24) is 10.3 Å². The summed E-state index contributed by atoms with van der Waals surface area (Å²) in [6, 6.07) is 3.46. The van der Waals surface area contributed by atoms with Crippen molar-refractivity contribution in [2.75, 3.05) is 6.54 Å². The van der Waals surface area contributed by atoms with E-state index in [0.29, 0.717) is 16.7 Å². The van der Waals surface area contributed by atoms with E-state index in [1.807, 2.05) is 27.7 Å². The zero-order valence-corrected chi connectivity index (χ0v) is 18.6. The second-order valence-electron chi connectivity index (χ2n) is 9.19. The molecule has 1 aromatic heterocycles. The lowest BCUT2D eigenvalue weighted by Gasteiger charge is -2.32. The van der Waals surface area contributed by atoms with Gasteiger partial charge in [-0.15, -0.1) is 0 Å². The number of ether oxygens (including phenoxy) is 1. The van der Waals surface area contributed by atoms with Crippen LogP contribution in [0.3, 0.4) is 0 Å². The lowest BCUT2D eigenvalue weighted by atomic mass is 9.77. The third-order valence-corrected chi connectivity index (χ3v) is 4.92. The molecule has 2 heterocycles. The number of ketones is 1. The molecule has 29 heavy (non-hydrogen) atoms. The van der Waals surface area contributed by atoms with E-state index in [1.165, 1.54) is 13.1 Å². The van der Waals surface area contributed by atoms with E-state index in [1.54, 1.807) is 39.0 Å². The average Bonchev–Trinajstić information content (AvgIpc) is 2.78. The summed E-state index contributed by atoms with van der Waals surface area (Å²) in [6.07, 6.45) is 2.79. The number of alkyl carbamates (subject to hydrolysis) is 1. The molecule has 0 spiro atoms. The van der Waals surface area contributed by atoms with Gasteiger partial charge in [0.25, 0.3) is 0 Å². The molecule has 0 radical (unpaired) electrons. The summed E-state index contributed by atoms with van der Waals surface area (Å²) >= 11 is 0. The minimum absolute atomic E-state index is 0.0502. The number of nitrogens with zero attached hydrogens (tertiary/aromatic N) is 1. The predicted molar refractivity (Wildman–Crippen MR) is 113 cm³/mol. The highest BCUT2D eigenvalue weighted by atomic mass is 16.7. The first-order chi connectivity index (χ1) is 13.2. The van der Waals surface area contributed by atoms with E-state index >= 15 is 0 Å². The van der Waals surface area contributed by atoms with Gasteiger partial charge >= 0.3 is 13.2 Å². The standard InChI is InChI=1S/C21H31BN2O5/c1-14(25)15-9-10-17(23-12-15)11-16(13-24-18(26)27-19(2,3)4)22-28-20(5,6)21(7,8)29-22/h9-12H,13H2,1-8H3,(H,24,26). The zero-order valence-electron chi connectivity index (χ0n) is 18.6. The van der Waals surface area contributed by atoms with Crippen LogP contribution in [-0.2, 0) is 14.0 Å². The summed E-state index contributed by atoms with van der Waals surface area (Å²) in [6.45, 7) is 14.9. The van der Waals surface area contributed by atoms with Gasteiger partial charge < -0.3 is 19.4 Å². The van der Waals surface area contributed by atoms with Crippen molar-refractivity contribution in [1.29, 1.82) is 0 Å². The van der Waals surface area contributed by atoms with Gasteiger partial charge in [-0.2, -0.15) is 0 Å². The third-order valence-electron chi connectivity index (χ3n) is 4.92. The number of Topliss-reactive ketones (excluding diaryl/α,β-unsaturated/α-hetero) is 1. The van der Waals surface area contributed by atoms with E-state index in [0.717, 1.165) is 0 Å². The first-order valence-electron chi connectivity index (χ1n) is 9.70. The van der Waals surface area contributed by atoms with Crippen LogP contribution in [-0.4, -0.2) is 47.3 Å². The van der Waals surface area contributed by atoms with E-state index in [2.05, 4.69) is 10.3 Å². The quantitative estimate of drug-likeness (QED) is 0.595. The second-order valence-corrected chi connectivity index (χ2v) is 9.19. The Kier molecular flexibility index (Phi) is 6.60. The molecule has 1 amide bonds. The Labute approximate surface area is 173 Å². The molecule has 1 aliphatic rings. The number of amides is 1. The van der Waals surface area contributed by atoms with Gasteiger partial charge in [-0.1, -0.05) is 0 Å². The van der Waals surface area contributed by atoms with Crippen molar-refractivity contribution in [3.8, 4) is 0 Å². The molecule has 1 N–H and O–H groups in total. The van der Waals surface area contributed by atoms with Crippen molar-refractivity contribution in [2.45, 2.75) is 72.2 Å². The Bertz CT molecular complexity index is 778. The first-order valence-corrected chi connectivity index (χ1v) is 9.70. The van der Waals surface area contributed by atoms with Crippen molar-refractivity contribution in [2.24, 2.45) is 0 Å². The van der Waals surface area contributed by atoms with Crippen molar-refractivity contribution >= 4 is 25.1 Å². The maximum absolute atomic E-state index is 12.1. The predicted octanol–water partition coefficient (Wildman–Crippen LogP) is 3.82. The summed E-state index contributed by atoms with van der Waals surface area (Å²) in [7, 11) is -0.649. The molecular formula is C21H31BN2O5. The SMILES string of the molecule is CC(=O)c1ccc(C=C(CNC(=O)OC(C)(C)C)B2OC(C)(C)C(C)(C)O2)nc1. The summed E-state index contributed by atoms with van der Waals surface area (Å²) in [5, 5.41) is 2.75. The zero-order chi connectivity index (χ0) is 22.0. The minimum Gasteiger partial charge on any atom is -0.444 e. The maximum Gasteiger partial charge on any atom is 0.492 e. The highest BCUT2D eigenvalue weighted by molar-refractivity contribution is 6.56. The van der Waals surface area contributed by atoms with Crippen molar-refractivity contribution in [3.63, 3.8) is 0 Å². The highest BCUT2D eigenvalue weighted by Gasteiger charge is 2.52. The number of aromatic nitrogens is 1. The molecule has 0 aromatic carbocycles. The van der Waals surface area contributed by atoms with Crippen LogP contribution in [0.4, 0.5) is 4.79 Å². The molecule has 158 valence electrons. The molecule has 1 aromatic rings. The Morgan fingerprint density at radius 2 is 1.76 bits per heavy atom. The lowest BCUT2D eigenvalue weighted by molar-refractivity contribution is 0.00578. The highest BCUT2D eigenvalue weighted by Crippen LogP contribution is 2.38. The van der Waals surface area contributed by atoms with E-state index < -0.39 is 30.0 Å². The molecule has 0 atom stereocenters. The number of carbonyl (C=O) groups is 2. The maximum atomic E-state index is 12.1. The fourth-order valence-corrected chi connectivity index (χ4v) is 2.57. The fourth-order valence-electron chi connectivity index (χ4n) is 2.57. The number of hydrogen-bond acceptors (Lipinski definition) is 6. The Morgan fingerprint density at radius 3 is 2.21 bits per heavy atom. The Hall–Kier alpha value is -2.19. The molecule has 1 fully saturated rings. The molecular weight excluding hydrogens is 371 g/mol. The van der Waals surface area contributed by atoms with E-state index in [-0.39, 0.29) is 12.3 Å². The van der Waals surface area contributed by atoms with Crippen LogP contribution in [0, 0.1) is 0 Å². The second kappa shape index (κ2) is 8.28. The Morgan fingerprint density at radius 1 is 1.17 bits per heavy atom. The molecule has 8 heteroatoms. The number of hydrogen-bond donors (Lipinski definition) is 1. The summed E-state index contributed by atoms with van der Waals surface area (Å²) < 4.78 is 17.6. The van der Waals surface area contributed by atoms with E-state index in [9.17, 15) is 9.59 Å².